The lowest BCUT2D eigenvalue weighted by Crippen LogP contribution is -2.25. The summed E-state index contributed by atoms with van der Waals surface area (Å²) in [7, 11) is 0. The molecule has 0 aliphatic heterocycles. The van der Waals surface area contributed by atoms with Crippen LogP contribution in [0.5, 0.6) is 0 Å². The normalized spacial score (nSPS) is 15.5. The molecule has 3 rings (SSSR count). The van der Waals surface area contributed by atoms with Gasteiger partial charge in [-0.3, -0.25) is 4.57 Å². The minimum absolute atomic E-state index is 0.264. The number of fused-ring (bicyclic) bond motifs is 1. The predicted molar refractivity (Wildman–Crippen MR) is 66.1 cm³/mol. The molecule has 4 nitrogen and oxygen atoms in total. The quantitative estimate of drug-likeness (QED) is 0.796. The Kier molecular flexibility index (Phi) is 2.73. The van der Waals surface area contributed by atoms with E-state index < -0.39 is 0 Å². The van der Waals surface area contributed by atoms with E-state index in [2.05, 4.69) is 5.32 Å². The van der Waals surface area contributed by atoms with E-state index in [1.165, 1.54) is 12.8 Å². The van der Waals surface area contributed by atoms with Gasteiger partial charge in [0.05, 0.1) is 5.52 Å². The highest BCUT2D eigenvalue weighted by atomic mass is 16.4. The lowest BCUT2D eigenvalue weighted by molar-refractivity contribution is 0.491. The van der Waals surface area contributed by atoms with Crippen LogP contribution in [0.1, 0.15) is 12.8 Å². The summed E-state index contributed by atoms with van der Waals surface area (Å²) in [5, 5.41) is 3.38. The van der Waals surface area contributed by atoms with Crippen molar-refractivity contribution in [3.05, 3.63) is 34.8 Å². The van der Waals surface area contributed by atoms with E-state index in [1.807, 2.05) is 24.3 Å². The van der Waals surface area contributed by atoms with E-state index in [0.717, 1.165) is 24.5 Å². The van der Waals surface area contributed by atoms with Crippen LogP contribution in [0, 0.1) is 5.92 Å². The number of rotatable bonds is 5. The molecule has 0 spiro atoms. The third-order valence-corrected chi connectivity index (χ3v) is 3.22. The average Bonchev–Trinajstić information content (AvgIpc) is 3.09. The maximum absolute atomic E-state index is 11.6. The molecule has 1 aromatic heterocycles. The third-order valence-electron chi connectivity index (χ3n) is 3.22. The summed E-state index contributed by atoms with van der Waals surface area (Å²) in [5.41, 5.74) is 1.55. The van der Waals surface area contributed by atoms with Crippen LogP contribution in [0.25, 0.3) is 11.1 Å². The number of benzene rings is 1. The van der Waals surface area contributed by atoms with Crippen molar-refractivity contribution in [1.82, 2.24) is 9.88 Å². The van der Waals surface area contributed by atoms with Gasteiger partial charge in [0.15, 0.2) is 5.58 Å². The van der Waals surface area contributed by atoms with Crippen molar-refractivity contribution < 1.29 is 4.42 Å². The van der Waals surface area contributed by atoms with Gasteiger partial charge in [0.2, 0.25) is 0 Å². The van der Waals surface area contributed by atoms with Crippen molar-refractivity contribution >= 4 is 11.1 Å². The van der Waals surface area contributed by atoms with Gasteiger partial charge >= 0.3 is 5.76 Å². The van der Waals surface area contributed by atoms with Crippen LogP contribution in [0.15, 0.2) is 33.5 Å². The van der Waals surface area contributed by atoms with Gasteiger partial charge < -0.3 is 9.73 Å². The van der Waals surface area contributed by atoms with E-state index in [4.69, 9.17) is 4.42 Å². The molecule has 4 heteroatoms. The summed E-state index contributed by atoms with van der Waals surface area (Å²) in [4.78, 5) is 11.6. The van der Waals surface area contributed by atoms with Gasteiger partial charge in [0, 0.05) is 13.1 Å². The molecular weight excluding hydrogens is 216 g/mol. The lowest BCUT2D eigenvalue weighted by atomic mass is 10.3. The van der Waals surface area contributed by atoms with Gasteiger partial charge in [0.1, 0.15) is 0 Å². The molecule has 2 aromatic rings. The van der Waals surface area contributed by atoms with E-state index in [9.17, 15) is 4.79 Å². The van der Waals surface area contributed by atoms with Gasteiger partial charge in [-0.25, -0.2) is 4.79 Å². The fourth-order valence-electron chi connectivity index (χ4n) is 2.04. The first-order chi connectivity index (χ1) is 8.34. The van der Waals surface area contributed by atoms with E-state index >= 15 is 0 Å². The first-order valence-electron chi connectivity index (χ1n) is 6.14. The van der Waals surface area contributed by atoms with Gasteiger partial charge in [-0.1, -0.05) is 12.1 Å². The summed E-state index contributed by atoms with van der Waals surface area (Å²) in [5.74, 6) is 0.604. The Balaban J connectivity index is 1.70. The fourth-order valence-corrected chi connectivity index (χ4v) is 2.04. The van der Waals surface area contributed by atoms with E-state index in [0.29, 0.717) is 12.1 Å². The molecule has 0 saturated heterocycles. The average molecular weight is 232 g/mol. The maximum Gasteiger partial charge on any atom is 0.419 e. The standard InChI is InChI=1S/C13H16N2O2/c16-13-15(8-7-14-9-10-5-6-10)11-3-1-2-4-12(11)17-13/h1-4,10,14H,5-9H2. The Morgan fingerprint density at radius 1 is 1.35 bits per heavy atom. The second-order valence-electron chi connectivity index (χ2n) is 4.63. The van der Waals surface area contributed by atoms with Crippen molar-refractivity contribution in [2.75, 3.05) is 13.1 Å². The molecule has 0 atom stereocenters. The van der Waals surface area contributed by atoms with Crippen LogP contribution in [0.2, 0.25) is 0 Å². The lowest BCUT2D eigenvalue weighted by Gasteiger charge is -2.04. The Labute approximate surface area is 99.2 Å². The molecule has 17 heavy (non-hydrogen) atoms. The van der Waals surface area contributed by atoms with Crippen molar-refractivity contribution in [2.24, 2.45) is 5.92 Å². The summed E-state index contributed by atoms with van der Waals surface area (Å²) in [6.07, 6.45) is 2.70. The molecule has 0 amide bonds. The van der Waals surface area contributed by atoms with Gasteiger partial charge in [-0.15, -0.1) is 0 Å². The molecule has 1 heterocycles. The SMILES string of the molecule is O=c1oc2ccccc2n1CCNCC1CC1. The van der Waals surface area contributed by atoms with Crippen LogP contribution in [0.4, 0.5) is 0 Å². The van der Waals surface area contributed by atoms with E-state index in [1.54, 1.807) is 4.57 Å². The zero-order valence-corrected chi connectivity index (χ0v) is 9.69. The zero-order chi connectivity index (χ0) is 11.7. The Bertz CT molecular complexity index is 566. The third kappa shape index (κ3) is 2.26. The van der Waals surface area contributed by atoms with Gasteiger partial charge in [-0.05, 0) is 37.4 Å². The highest BCUT2D eigenvalue weighted by molar-refractivity contribution is 5.72. The predicted octanol–water partition coefficient (Wildman–Crippen LogP) is 1.59. The molecule has 0 radical (unpaired) electrons. The second-order valence-corrected chi connectivity index (χ2v) is 4.63. The molecule has 90 valence electrons. The summed E-state index contributed by atoms with van der Waals surface area (Å²) in [6.45, 7) is 2.56. The van der Waals surface area contributed by atoms with Crippen molar-refractivity contribution in [1.29, 1.82) is 0 Å². The Hall–Kier alpha value is -1.55. The molecule has 1 aromatic carbocycles. The van der Waals surface area contributed by atoms with Crippen molar-refractivity contribution in [3.8, 4) is 0 Å². The first-order valence-corrected chi connectivity index (χ1v) is 6.14. The minimum atomic E-state index is -0.264. The van der Waals surface area contributed by atoms with Crippen LogP contribution in [-0.2, 0) is 6.54 Å². The zero-order valence-electron chi connectivity index (χ0n) is 9.69. The highest BCUT2D eigenvalue weighted by Gasteiger charge is 2.20. The van der Waals surface area contributed by atoms with Crippen LogP contribution >= 0.6 is 0 Å². The van der Waals surface area contributed by atoms with Crippen LogP contribution < -0.4 is 11.1 Å². The monoisotopic (exact) mass is 232 g/mol. The van der Waals surface area contributed by atoms with Gasteiger partial charge in [0.25, 0.3) is 0 Å². The van der Waals surface area contributed by atoms with E-state index in [-0.39, 0.29) is 5.76 Å². The minimum Gasteiger partial charge on any atom is -0.408 e. The first kappa shape index (κ1) is 10.6. The highest BCUT2D eigenvalue weighted by Crippen LogP contribution is 2.27. The topological polar surface area (TPSA) is 47.2 Å². The van der Waals surface area contributed by atoms with Crippen LogP contribution in [-0.4, -0.2) is 17.7 Å². The number of hydrogen-bond acceptors (Lipinski definition) is 3. The number of aromatic nitrogens is 1. The van der Waals surface area contributed by atoms with Crippen LogP contribution in [0.3, 0.4) is 0 Å². The summed E-state index contributed by atoms with van der Waals surface area (Å²) >= 11 is 0. The number of nitrogens with one attached hydrogen (secondary N) is 1. The molecule has 1 fully saturated rings. The molecule has 0 bridgehead atoms. The molecule has 1 N–H and O–H groups in total. The summed E-state index contributed by atoms with van der Waals surface area (Å²) < 4.78 is 6.86. The Morgan fingerprint density at radius 2 is 2.18 bits per heavy atom. The fraction of sp³-hybridized carbons (Fsp3) is 0.462. The smallest absolute Gasteiger partial charge is 0.408 e. The summed E-state index contributed by atoms with van der Waals surface area (Å²) in [6, 6.07) is 7.54. The second kappa shape index (κ2) is 4.37. The molecule has 1 aliphatic carbocycles. The number of para-hydroxylation sites is 2. The van der Waals surface area contributed by atoms with Crippen molar-refractivity contribution in [2.45, 2.75) is 19.4 Å². The Morgan fingerprint density at radius 3 is 3.00 bits per heavy atom. The molecule has 1 aliphatic rings. The molecular formula is C13H16N2O2. The van der Waals surface area contributed by atoms with Gasteiger partial charge in [-0.2, -0.15) is 0 Å². The number of hydrogen-bond donors (Lipinski definition) is 1. The number of nitrogens with zero attached hydrogens (tertiary/aromatic N) is 1. The largest absolute Gasteiger partial charge is 0.419 e. The molecule has 1 saturated carbocycles. The molecule has 0 unspecified atom stereocenters. The maximum atomic E-state index is 11.6. The number of oxazole rings is 1. The van der Waals surface area contributed by atoms with Crippen molar-refractivity contribution in [3.63, 3.8) is 0 Å².